The van der Waals surface area contributed by atoms with Gasteiger partial charge in [0.15, 0.2) is 0 Å². The van der Waals surface area contributed by atoms with Crippen LogP contribution in [-0.2, 0) is 43.0 Å². The minimum absolute atomic E-state index is 0.146. The molecule has 3 atom stereocenters. The SMILES string of the molecule is CCOC(=O)[C@H](CCSC)NC(=O)CN(CC(=O)N[C@@H](CCSC)C(=O)OCC)CC(=O)N[C@@H](CCSC)C(=O)OCC. The molecule has 0 radical (unpaired) electrons. The molecule has 0 aromatic rings. The first-order valence-electron chi connectivity index (χ1n) is 14.1. The molecule has 13 nitrogen and oxygen atoms in total. The Morgan fingerprint density at radius 2 is 0.791 bits per heavy atom. The molecular weight excluding hydrogens is 621 g/mol. The first kappa shape index (κ1) is 40.8. The highest BCUT2D eigenvalue weighted by Gasteiger charge is 2.28. The lowest BCUT2D eigenvalue weighted by atomic mass is 10.2. The maximum Gasteiger partial charge on any atom is 0.328 e. The molecule has 0 aliphatic carbocycles. The van der Waals surface area contributed by atoms with Gasteiger partial charge in [-0.2, -0.15) is 35.3 Å². The topological polar surface area (TPSA) is 169 Å². The second kappa shape index (κ2) is 25.2. The number of hydrogen-bond acceptors (Lipinski definition) is 13. The van der Waals surface area contributed by atoms with E-state index in [1.807, 2.05) is 18.8 Å². The number of hydrogen-bond donors (Lipinski definition) is 3. The molecule has 0 saturated heterocycles. The van der Waals surface area contributed by atoms with Gasteiger partial charge in [-0.15, -0.1) is 0 Å². The normalized spacial score (nSPS) is 12.9. The van der Waals surface area contributed by atoms with Crippen LogP contribution < -0.4 is 16.0 Å². The van der Waals surface area contributed by atoms with Gasteiger partial charge >= 0.3 is 17.9 Å². The molecule has 0 aromatic carbocycles. The Labute approximate surface area is 267 Å². The maximum absolute atomic E-state index is 13.0. The Morgan fingerprint density at radius 3 is 1.00 bits per heavy atom. The van der Waals surface area contributed by atoms with Crippen LogP contribution in [0, 0.1) is 0 Å². The molecule has 0 aliphatic rings. The van der Waals surface area contributed by atoms with E-state index in [2.05, 4.69) is 16.0 Å². The fraction of sp³-hybridized carbons (Fsp3) is 0.778. The van der Waals surface area contributed by atoms with Crippen LogP contribution in [0.2, 0.25) is 0 Å². The van der Waals surface area contributed by atoms with E-state index in [1.54, 1.807) is 20.8 Å². The summed E-state index contributed by atoms with van der Waals surface area (Å²) in [5.74, 6) is -1.77. The molecule has 3 N–H and O–H groups in total. The number of esters is 3. The van der Waals surface area contributed by atoms with Crippen molar-refractivity contribution in [2.45, 2.75) is 58.2 Å². The van der Waals surface area contributed by atoms with E-state index >= 15 is 0 Å². The summed E-state index contributed by atoms with van der Waals surface area (Å²) < 4.78 is 15.2. The smallest absolute Gasteiger partial charge is 0.328 e. The largest absolute Gasteiger partial charge is 0.464 e. The molecule has 0 unspecified atom stereocenters. The lowest BCUT2D eigenvalue weighted by molar-refractivity contribution is -0.148. The number of carbonyl (C=O) groups is 6. The summed E-state index contributed by atoms with van der Waals surface area (Å²) in [6.07, 6.45) is 6.61. The van der Waals surface area contributed by atoms with E-state index in [9.17, 15) is 28.8 Å². The Morgan fingerprint density at radius 1 is 0.535 bits per heavy atom. The van der Waals surface area contributed by atoms with E-state index in [0.29, 0.717) is 36.5 Å². The van der Waals surface area contributed by atoms with Gasteiger partial charge in [0.2, 0.25) is 17.7 Å². The van der Waals surface area contributed by atoms with Crippen LogP contribution >= 0.6 is 35.3 Å². The summed E-state index contributed by atoms with van der Waals surface area (Å²) >= 11 is 4.51. The van der Waals surface area contributed by atoms with E-state index in [1.165, 1.54) is 40.2 Å². The van der Waals surface area contributed by atoms with Gasteiger partial charge in [0.25, 0.3) is 0 Å². The van der Waals surface area contributed by atoms with Crippen LogP contribution in [0.15, 0.2) is 0 Å². The van der Waals surface area contributed by atoms with Crippen molar-refractivity contribution in [2.75, 3.05) is 75.5 Å². The summed E-state index contributed by atoms with van der Waals surface area (Å²) in [5.41, 5.74) is 0. The first-order chi connectivity index (χ1) is 20.6. The van der Waals surface area contributed by atoms with E-state index in [-0.39, 0.29) is 19.8 Å². The van der Waals surface area contributed by atoms with E-state index < -0.39 is 73.4 Å². The molecule has 16 heteroatoms. The molecule has 0 heterocycles. The zero-order valence-corrected chi connectivity index (χ0v) is 28.5. The van der Waals surface area contributed by atoms with Crippen LogP contribution in [0.3, 0.4) is 0 Å². The van der Waals surface area contributed by atoms with Gasteiger partial charge in [0, 0.05) is 0 Å². The van der Waals surface area contributed by atoms with E-state index in [0.717, 1.165) is 0 Å². The number of rotatable bonds is 24. The van der Waals surface area contributed by atoms with Crippen molar-refractivity contribution in [1.82, 2.24) is 20.9 Å². The highest BCUT2D eigenvalue weighted by atomic mass is 32.2. The molecular formula is C27H48N4O9S3. The highest BCUT2D eigenvalue weighted by Crippen LogP contribution is 2.06. The van der Waals surface area contributed by atoms with E-state index in [4.69, 9.17) is 14.2 Å². The van der Waals surface area contributed by atoms with Crippen molar-refractivity contribution in [2.24, 2.45) is 0 Å². The van der Waals surface area contributed by atoms with Crippen molar-refractivity contribution >= 4 is 70.9 Å². The third kappa shape index (κ3) is 19.0. The molecule has 0 bridgehead atoms. The minimum atomic E-state index is -0.899. The van der Waals surface area contributed by atoms with Gasteiger partial charge in [-0.1, -0.05) is 0 Å². The van der Waals surface area contributed by atoms with Crippen LogP contribution in [-0.4, -0.2) is 134 Å². The summed E-state index contributed by atoms with van der Waals surface area (Å²) in [6.45, 7) is 4.18. The Hall–Kier alpha value is -2.17. The molecule has 0 fully saturated rings. The van der Waals surface area contributed by atoms with Crippen molar-refractivity contribution in [1.29, 1.82) is 0 Å². The standard InChI is InChI=1S/C27H48N4O9S3/c1-7-38-25(35)19(10-13-41-4)28-22(32)16-31(17-23(33)29-20(11-14-42-5)26(36)39-8-2)18-24(34)30-21(12-15-43-6)27(37)40-9-3/h19-21H,7-18H2,1-6H3,(H,28,32)(H,29,33)(H,30,34)/t19-,20-,21-/m0/s1. The number of ether oxygens (including phenoxy) is 3. The molecule has 0 saturated carbocycles. The molecule has 3 amide bonds. The fourth-order valence-electron chi connectivity index (χ4n) is 3.68. The maximum atomic E-state index is 13.0. The highest BCUT2D eigenvalue weighted by molar-refractivity contribution is 7.98. The Balaban J connectivity index is 5.82. The average molecular weight is 669 g/mol. The molecule has 0 aliphatic heterocycles. The number of amides is 3. The lowest BCUT2D eigenvalue weighted by Gasteiger charge is -2.25. The average Bonchev–Trinajstić information content (AvgIpc) is 2.95. The number of thioether (sulfide) groups is 3. The number of nitrogens with zero attached hydrogens (tertiary/aromatic N) is 1. The van der Waals surface area contributed by atoms with Gasteiger partial charge < -0.3 is 30.2 Å². The summed E-state index contributed by atoms with van der Waals surface area (Å²) in [7, 11) is 0. The number of nitrogens with one attached hydrogen (secondary N) is 3. The number of carbonyl (C=O) groups excluding carboxylic acids is 6. The van der Waals surface area contributed by atoms with Crippen molar-refractivity contribution in [3.63, 3.8) is 0 Å². The second-order valence-electron chi connectivity index (χ2n) is 9.11. The molecule has 0 rings (SSSR count). The third-order valence-corrected chi connectivity index (χ3v) is 7.58. The van der Waals surface area contributed by atoms with Crippen LogP contribution in [0.25, 0.3) is 0 Å². The monoisotopic (exact) mass is 668 g/mol. The van der Waals surface area contributed by atoms with Crippen molar-refractivity contribution in [3.05, 3.63) is 0 Å². The molecule has 43 heavy (non-hydrogen) atoms. The first-order valence-corrected chi connectivity index (χ1v) is 18.3. The molecule has 248 valence electrons. The van der Waals surface area contributed by atoms with Gasteiger partial charge in [-0.3, -0.25) is 19.3 Å². The van der Waals surface area contributed by atoms with Crippen molar-refractivity contribution < 1.29 is 43.0 Å². The second-order valence-corrected chi connectivity index (χ2v) is 12.1. The molecule has 0 spiro atoms. The quantitative estimate of drug-likeness (QED) is 0.0971. The van der Waals surface area contributed by atoms with Gasteiger partial charge in [-0.25, -0.2) is 14.4 Å². The molecule has 0 aromatic heterocycles. The summed E-state index contributed by atoms with van der Waals surface area (Å²) in [4.78, 5) is 77.5. The van der Waals surface area contributed by atoms with Gasteiger partial charge in [-0.05, 0) is 76.1 Å². The predicted molar refractivity (Wildman–Crippen MR) is 171 cm³/mol. The Kier molecular flexibility index (Phi) is 23.9. The zero-order chi connectivity index (χ0) is 32.6. The summed E-state index contributed by atoms with van der Waals surface area (Å²) in [6, 6.07) is -2.70. The minimum Gasteiger partial charge on any atom is -0.464 e. The zero-order valence-electron chi connectivity index (χ0n) is 26.1. The van der Waals surface area contributed by atoms with Crippen LogP contribution in [0.1, 0.15) is 40.0 Å². The van der Waals surface area contributed by atoms with Crippen LogP contribution in [0.5, 0.6) is 0 Å². The third-order valence-electron chi connectivity index (χ3n) is 5.65. The predicted octanol–water partition coefficient (Wildman–Crippen LogP) is 0.691. The van der Waals surface area contributed by atoms with Crippen LogP contribution in [0.4, 0.5) is 0 Å². The van der Waals surface area contributed by atoms with Gasteiger partial charge in [0.1, 0.15) is 18.1 Å². The Bertz CT molecular complexity index is 773. The lowest BCUT2D eigenvalue weighted by Crippen LogP contribution is -2.53. The fourth-order valence-corrected chi connectivity index (χ4v) is 5.09. The summed E-state index contributed by atoms with van der Waals surface area (Å²) in [5, 5.41) is 7.91. The van der Waals surface area contributed by atoms with Gasteiger partial charge in [0.05, 0.1) is 39.5 Å². The van der Waals surface area contributed by atoms with Crippen molar-refractivity contribution in [3.8, 4) is 0 Å².